The molecule has 24 heavy (non-hydrogen) atoms. The normalized spacial score (nSPS) is 25.6. The molecule has 1 saturated heterocycles. The van der Waals surface area contributed by atoms with Crippen LogP contribution in [0.4, 0.5) is 0 Å². The third-order valence-electron chi connectivity index (χ3n) is 5.76. The maximum Gasteiger partial charge on any atom is 0.225 e. The summed E-state index contributed by atoms with van der Waals surface area (Å²) >= 11 is 0. The van der Waals surface area contributed by atoms with Crippen molar-refractivity contribution in [1.82, 2.24) is 10.2 Å². The molecule has 0 aromatic heterocycles. The Balaban J connectivity index is 1.84. The molecule has 0 bridgehead atoms. The van der Waals surface area contributed by atoms with E-state index < -0.39 is 5.60 Å². The summed E-state index contributed by atoms with van der Waals surface area (Å²) < 4.78 is 0. The second kappa shape index (κ2) is 8.84. The predicted molar refractivity (Wildman–Crippen MR) is 94.4 cm³/mol. The minimum Gasteiger partial charge on any atom is -0.388 e. The quantitative estimate of drug-likeness (QED) is 0.757. The van der Waals surface area contributed by atoms with E-state index in [0.29, 0.717) is 13.1 Å². The Labute approximate surface area is 146 Å². The van der Waals surface area contributed by atoms with Crippen LogP contribution in [0.1, 0.15) is 71.6 Å². The first-order valence-electron chi connectivity index (χ1n) is 9.74. The fourth-order valence-electron chi connectivity index (χ4n) is 3.84. The predicted octanol–water partition coefficient (Wildman–Crippen LogP) is 2.47. The minimum atomic E-state index is -0.743. The first-order chi connectivity index (χ1) is 11.4. The van der Waals surface area contributed by atoms with Crippen LogP contribution < -0.4 is 5.32 Å². The average molecular weight is 338 g/mol. The number of amides is 2. The summed E-state index contributed by atoms with van der Waals surface area (Å²) in [4.78, 5) is 26.7. The molecule has 5 nitrogen and oxygen atoms in total. The Morgan fingerprint density at radius 2 is 1.88 bits per heavy atom. The van der Waals surface area contributed by atoms with Gasteiger partial charge in [-0.15, -0.1) is 0 Å². The summed E-state index contributed by atoms with van der Waals surface area (Å²) in [5, 5.41) is 13.6. The Bertz CT molecular complexity index is 430. The van der Waals surface area contributed by atoms with Gasteiger partial charge in [-0.3, -0.25) is 9.59 Å². The van der Waals surface area contributed by atoms with Gasteiger partial charge in [0.2, 0.25) is 11.8 Å². The van der Waals surface area contributed by atoms with Crippen molar-refractivity contribution < 1.29 is 14.7 Å². The lowest BCUT2D eigenvalue weighted by atomic mass is 9.92. The minimum absolute atomic E-state index is 0.00526. The van der Waals surface area contributed by atoms with Crippen LogP contribution in [0.5, 0.6) is 0 Å². The van der Waals surface area contributed by atoms with Crippen molar-refractivity contribution in [1.29, 1.82) is 0 Å². The van der Waals surface area contributed by atoms with Crippen LogP contribution in [0.15, 0.2) is 0 Å². The molecule has 138 valence electrons. The van der Waals surface area contributed by atoms with E-state index in [1.165, 1.54) is 12.8 Å². The van der Waals surface area contributed by atoms with Gasteiger partial charge >= 0.3 is 0 Å². The van der Waals surface area contributed by atoms with E-state index in [9.17, 15) is 14.7 Å². The first kappa shape index (κ1) is 19.2. The van der Waals surface area contributed by atoms with Crippen LogP contribution >= 0.6 is 0 Å². The Morgan fingerprint density at radius 3 is 2.50 bits per heavy atom. The van der Waals surface area contributed by atoms with Crippen molar-refractivity contribution in [2.24, 2.45) is 11.8 Å². The maximum absolute atomic E-state index is 12.5. The molecule has 1 aliphatic heterocycles. The molecule has 2 amide bonds. The number of carbonyl (C=O) groups is 2. The fourth-order valence-corrected chi connectivity index (χ4v) is 3.84. The molecule has 2 aliphatic rings. The van der Waals surface area contributed by atoms with Gasteiger partial charge in [-0.2, -0.15) is 0 Å². The molecule has 2 unspecified atom stereocenters. The third kappa shape index (κ3) is 5.20. The number of aliphatic hydroxyl groups is 1. The van der Waals surface area contributed by atoms with E-state index in [2.05, 4.69) is 5.32 Å². The standard InChI is InChI=1S/C19H34N2O3/c1-3-15(2)18(23)21-12-8-9-16(13-21)17(22)20-14-19(24)10-6-4-5-7-11-19/h15-16,24H,3-14H2,1-2H3,(H,20,22). The lowest BCUT2D eigenvalue weighted by molar-refractivity contribution is -0.139. The Kier molecular flexibility index (Phi) is 7.08. The number of carbonyl (C=O) groups excluding carboxylic acids is 2. The molecule has 2 atom stereocenters. The molecular weight excluding hydrogens is 304 g/mol. The van der Waals surface area contributed by atoms with E-state index in [4.69, 9.17) is 0 Å². The number of nitrogens with zero attached hydrogens (tertiary/aromatic N) is 1. The van der Waals surface area contributed by atoms with E-state index in [-0.39, 0.29) is 23.7 Å². The van der Waals surface area contributed by atoms with Crippen molar-refractivity contribution in [2.45, 2.75) is 77.2 Å². The molecule has 0 spiro atoms. The molecule has 1 aliphatic carbocycles. The Morgan fingerprint density at radius 1 is 1.21 bits per heavy atom. The highest BCUT2D eigenvalue weighted by Crippen LogP contribution is 2.27. The number of piperidine rings is 1. The molecule has 0 aromatic carbocycles. The van der Waals surface area contributed by atoms with Crippen LogP contribution in [0.3, 0.4) is 0 Å². The van der Waals surface area contributed by atoms with E-state index in [0.717, 1.165) is 51.5 Å². The van der Waals surface area contributed by atoms with Gasteiger partial charge in [0.25, 0.3) is 0 Å². The van der Waals surface area contributed by atoms with E-state index >= 15 is 0 Å². The topological polar surface area (TPSA) is 69.6 Å². The highest BCUT2D eigenvalue weighted by Gasteiger charge is 2.32. The summed E-state index contributed by atoms with van der Waals surface area (Å²) in [7, 11) is 0. The molecule has 0 radical (unpaired) electrons. The summed E-state index contributed by atoms with van der Waals surface area (Å²) in [5.41, 5.74) is -0.743. The van der Waals surface area contributed by atoms with Crippen LogP contribution in [0, 0.1) is 11.8 Å². The molecule has 1 saturated carbocycles. The van der Waals surface area contributed by atoms with Crippen molar-refractivity contribution in [3.63, 3.8) is 0 Å². The van der Waals surface area contributed by atoms with Crippen molar-refractivity contribution in [3.05, 3.63) is 0 Å². The molecule has 1 heterocycles. The average Bonchev–Trinajstić information content (AvgIpc) is 2.83. The van der Waals surface area contributed by atoms with Gasteiger partial charge in [-0.1, -0.05) is 39.5 Å². The van der Waals surface area contributed by atoms with Gasteiger partial charge in [-0.25, -0.2) is 0 Å². The van der Waals surface area contributed by atoms with Gasteiger partial charge in [0.1, 0.15) is 0 Å². The molecule has 2 fully saturated rings. The zero-order chi connectivity index (χ0) is 17.6. The van der Waals surface area contributed by atoms with Crippen LogP contribution in [-0.2, 0) is 9.59 Å². The van der Waals surface area contributed by atoms with Crippen molar-refractivity contribution >= 4 is 11.8 Å². The number of likely N-dealkylation sites (tertiary alicyclic amines) is 1. The molecule has 2 N–H and O–H groups in total. The second-order valence-corrected chi connectivity index (χ2v) is 7.79. The fraction of sp³-hybridized carbons (Fsp3) is 0.895. The van der Waals surface area contributed by atoms with E-state index in [1.807, 2.05) is 18.7 Å². The van der Waals surface area contributed by atoms with Crippen LogP contribution in [0.25, 0.3) is 0 Å². The molecule has 2 rings (SSSR count). The van der Waals surface area contributed by atoms with Gasteiger partial charge in [0, 0.05) is 25.6 Å². The third-order valence-corrected chi connectivity index (χ3v) is 5.76. The zero-order valence-electron chi connectivity index (χ0n) is 15.4. The van der Waals surface area contributed by atoms with Gasteiger partial charge in [-0.05, 0) is 32.1 Å². The highest BCUT2D eigenvalue weighted by molar-refractivity contribution is 5.82. The largest absolute Gasteiger partial charge is 0.388 e. The second-order valence-electron chi connectivity index (χ2n) is 7.79. The number of nitrogens with one attached hydrogen (secondary N) is 1. The summed E-state index contributed by atoms with van der Waals surface area (Å²) in [6, 6.07) is 0. The number of rotatable bonds is 5. The van der Waals surface area contributed by atoms with E-state index in [1.54, 1.807) is 0 Å². The number of hydrogen-bond acceptors (Lipinski definition) is 3. The Hall–Kier alpha value is -1.10. The molecule has 5 heteroatoms. The van der Waals surface area contributed by atoms with Gasteiger partial charge < -0.3 is 15.3 Å². The first-order valence-corrected chi connectivity index (χ1v) is 9.74. The zero-order valence-corrected chi connectivity index (χ0v) is 15.4. The smallest absolute Gasteiger partial charge is 0.225 e. The lowest BCUT2D eigenvalue weighted by Crippen LogP contribution is -2.49. The molecule has 0 aromatic rings. The van der Waals surface area contributed by atoms with Crippen molar-refractivity contribution in [3.8, 4) is 0 Å². The summed E-state index contributed by atoms with van der Waals surface area (Å²) in [5.74, 6) is 0.0476. The molecular formula is C19H34N2O3. The lowest BCUT2D eigenvalue weighted by Gasteiger charge is -2.34. The van der Waals surface area contributed by atoms with Crippen LogP contribution in [-0.4, -0.2) is 47.1 Å². The number of hydrogen-bond donors (Lipinski definition) is 2. The van der Waals surface area contributed by atoms with Gasteiger partial charge in [0.05, 0.1) is 11.5 Å². The SMILES string of the molecule is CCC(C)C(=O)N1CCCC(C(=O)NCC2(O)CCCCCC2)C1. The van der Waals surface area contributed by atoms with Gasteiger partial charge in [0.15, 0.2) is 0 Å². The van der Waals surface area contributed by atoms with Crippen molar-refractivity contribution in [2.75, 3.05) is 19.6 Å². The summed E-state index contributed by atoms with van der Waals surface area (Å²) in [6.45, 7) is 5.60. The summed E-state index contributed by atoms with van der Waals surface area (Å²) in [6.07, 6.45) is 8.50. The van der Waals surface area contributed by atoms with Crippen LogP contribution in [0.2, 0.25) is 0 Å². The monoisotopic (exact) mass is 338 g/mol. The maximum atomic E-state index is 12.5. The highest BCUT2D eigenvalue weighted by atomic mass is 16.3.